The molecule has 0 amide bonds. The van der Waals surface area contributed by atoms with Crippen LogP contribution >= 0.6 is 0 Å². The van der Waals surface area contributed by atoms with E-state index < -0.39 is 0 Å². The Kier molecular flexibility index (Phi) is 6.48. The van der Waals surface area contributed by atoms with Crippen LogP contribution in [0.25, 0.3) is 5.57 Å². The van der Waals surface area contributed by atoms with Crippen molar-refractivity contribution >= 4 is 13.6 Å². The minimum Gasteiger partial charge on any atom is -0.349 e. The lowest BCUT2D eigenvalue weighted by atomic mass is 9.91. The Bertz CT molecular complexity index is 795. The fraction of sp³-hybridized carbons (Fsp3) is 0.435. The summed E-state index contributed by atoms with van der Waals surface area (Å²) < 4.78 is 14.5. The van der Waals surface area contributed by atoms with Crippen LogP contribution in [0.1, 0.15) is 55.1 Å². The van der Waals surface area contributed by atoms with Crippen LogP contribution in [0.3, 0.4) is 0 Å². The van der Waals surface area contributed by atoms with Gasteiger partial charge in [0, 0.05) is 17.3 Å². The number of aromatic nitrogens is 1. The third kappa shape index (κ3) is 5.07. The molecule has 0 radical (unpaired) electrons. The standard InChI is InChI=1S/C23H30BFN2/c1-16(2)17(3)20-8-7-18(22(25)15-20)9-10-21-5-4-6-23(26-21)19-11-13-27(24)14-12-19/h4-8,15-16,19H,3,9-14,24H2,1-2H3. The van der Waals surface area contributed by atoms with Crippen molar-refractivity contribution in [3.63, 3.8) is 0 Å². The Balaban J connectivity index is 1.65. The molecular formula is C23H30BFN2. The summed E-state index contributed by atoms with van der Waals surface area (Å²) in [4.78, 5) is 7.26. The Morgan fingerprint density at radius 3 is 2.63 bits per heavy atom. The zero-order chi connectivity index (χ0) is 19.4. The minimum absolute atomic E-state index is 0.138. The van der Waals surface area contributed by atoms with Crippen molar-refractivity contribution in [3.05, 3.63) is 71.3 Å². The van der Waals surface area contributed by atoms with Crippen molar-refractivity contribution in [3.8, 4) is 0 Å². The van der Waals surface area contributed by atoms with Gasteiger partial charge in [0.1, 0.15) is 5.82 Å². The predicted molar refractivity (Wildman–Crippen MR) is 114 cm³/mol. The maximum absolute atomic E-state index is 14.5. The lowest BCUT2D eigenvalue weighted by molar-refractivity contribution is 0.331. The molecule has 142 valence electrons. The highest BCUT2D eigenvalue weighted by molar-refractivity contribution is 6.04. The summed E-state index contributed by atoms with van der Waals surface area (Å²) in [7, 11) is 2.18. The maximum Gasteiger partial charge on any atom is 0.185 e. The zero-order valence-electron chi connectivity index (χ0n) is 16.8. The third-order valence-corrected chi connectivity index (χ3v) is 5.74. The third-order valence-electron chi connectivity index (χ3n) is 5.74. The number of benzene rings is 1. The van der Waals surface area contributed by atoms with Crippen molar-refractivity contribution in [2.45, 2.75) is 45.4 Å². The van der Waals surface area contributed by atoms with E-state index in [4.69, 9.17) is 4.98 Å². The van der Waals surface area contributed by atoms with E-state index in [9.17, 15) is 4.39 Å². The zero-order valence-corrected chi connectivity index (χ0v) is 16.8. The Morgan fingerprint density at radius 1 is 1.22 bits per heavy atom. The molecule has 27 heavy (non-hydrogen) atoms. The van der Waals surface area contributed by atoms with Gasteiger partial charge in [0.2, 0.25) is 0 Å². The maximum atomic E-state index is 14.5. The van der Waals surface area contributed by atoms with E-state index in [1.165, 1.54) is 18.5 Å². The lowest BCUT2D eigenvalue weighted by Gasteiger charge is -2.29. The minimum atomic E-state index is -0.138. The number of piperidine rings is 1. The second-order valence-electron chi connectivity index (χ2n) is 8.12. The molecule has 0 N–H and O–H groups in total. The number of allylic oxidation sites excluding steroid dienone is 1. The Hall–Kier alpha value is -1.94. The van der Waals surface area contributed by atoms with E-state index in [0.29, 0.717) is 18.3 Å². The molecule has 2 heterocycles. The lowest BCUT2D eigenvalue weighted by Crippen LogP contribution is -2.30. The number of nitrogens with zero attached hydrogens (tertiary/aromatic N) is 2. The first-order valence-corrected chi connectivity index (χ1v) is 10.1. The summed E-state index contributed by atoms with van der Waals surface area (Å²) in [6.45, 7) is 10.5. The smallest absolute Gasteiger partial charge is 0.185 e. The summed E-state index contributed by atoms with van der Waals surface area (Å²) in [6, 6.07) is 11.8. The van der Waals surface area contributed by atoms with E-state index in [-0.39, 0.29) is 5.82 Å². The molecule has 0 aliphatic carbocycles. The van der Waals surface area contributed by atoms with Gasteiger partial charge in [-0.05, 0) is 79.6 Å². The van der Waals surface area contributed by atoms with Crippen LogP contribution in [-0.2, 0) is 12.8 Å². The van der Waals surface area contributed by atoms with Crippen molar-refractivity contribution in [1.29, 1.82) is 0 Å². The topological polar surface area (TPSA) is 16.1 Å². The van der Waals surface area contributed by atoms with E-state index in [1.54, 1.807) is 6.07 Å². The van der Waals surface area contributed by atoms with Crippen LogP contribution < -0.4 is 0 Å². The average Bonchev–Trinajstić information content (AvgIpc) is 2.67. The summed E-state index contributed by atoms with van der Waals surface area (Å²) in [5.74, 6) is 0.738. The highest BCUT2D eigenvalue weighted by Crippen LogP contribution is 2.26. The molecule has 1 aromatic heterocycles. The fourth-order valence-corrected chi connectivity index (χ4v) is 3.71. The molecule has 0 bridgehead atoms. The van der Waals surface area contributed by atoms with Gasteiger partial charge in [-0.15, -0.1) is 0 Å². The van der Waals surface area contributed by atoms with E-state index >= 15 is 0 Å². The number of rotatable bonds is 6. The molecule has 0 saturated carbocycles. The molecule has 1 fully saturated rings. The fourth-order valence-electron chi connectivity index (χ4n) is 3.71. The second-order valence-corrected chi connectivity index (χ2v) is 8.12. The summed E-state index contributed by atoms with van der Waals surface area (Å²) in [6.07, 6.45) is 3.78. The van der Waals surface area contributed by atoms with Crippen LogP contribution in [0.4, 0.5) is 4.39 Å². The highest BCUT2D eigenvalue weighted by Gasteiger charge is 2.19. The molecule has 0 unspecified atom stereocenters. The first-order valence-electron chi connectivity index (χ1n) is 10.1. The molecule has 0 atom stereocenters. The van der Waals surface area contributed by atoms with E-state index in [1.807, 2.05) is 12.1 Å². The van der Waals surface area contributed by atoms with Gasteiger partial charge in [-0.1, -0.05) is 38.6 Å². The molecule has 1 aliphatic rings. The molecule has 1 aromatic carbocycles. The van der Waals surface area contributed by atoms with Gasteiger partial charge < -0.3 is 4.81 Å². The van der Waals surface area contributed by atoms with Gasteiger partial charge >= 0.3 is 0 Å². The van der Waals surface area contributed by atoms with Gasteiger partial charge in [-0.2, -0.15) is 0 Å². The Morgan fingerprint density at radius 2 is 1.96 bits per heavy atom. The number of hydrogen-bond donors (Lipinski definition) is 0. The number of pyridine rings is 1. The summed E-state index contributed by atoms with van der Waals surface area (Å²) >= 11 is 0. The van der Waals surface area contributed by atoms with Crippen LogP contribution in [0, 0.1) is 11.7 Å². The van der Waals surface area contributed by atoms with Crippen LogP contribution in [0.15, 0.2) is 43.0 Å². The second kappa shape index (κ2) is 8.84. The highest BCUT2D eigenvalue weighted by atomic mass is 19.1. The van der Waals surface area contributed by atoms with Gasteiger partial charge in [-0.25, -0.2) is 4.39 Å². The molecule has 1 aliphatic heterocycles. The van der Waals surface area contributed by atoms with E-state index in [0.717, 1.165) is 41.9 Å². The molecule has 0 spiro atoms. The predicted octanol–water partition coefficient (Wildman–Crippen LogP) is 4.40. The number of halogens is 1. The first kappa shape index (κ1) is 19.8. The molecular weight excluding hydrogens is 334 g/mol. The Labute approximate surface area is 163 Å². The SMILES string of the molecule is BN1CCC(c2cccc(CCc3ccc(C(=C)C(C)C)cc3F)n2)CC1. The van der Waals surface area contributed by atoms with Gasteiger partial charge in [0.05, 0.1) is 0 Å². The van der Waals surface area contributed by atoms with E-state index in [2.05, 4.69) is 51.4 Å². The van der Waals surface area contributed by atoms with Crippen LogP contribution in [0.2, 0.25) is 0 Å². The molecule has 4 heteroatoms. The van der Waals surface area contributed by atoms with Gasteiger partial charge in [0.25, 0.3) is 0 Å². The van der Waals surface area contributed by atoms with Crippen LogP contribution in [-0.4, -0.2) is 30.9 Å². The normalized spacial score (nSPS) is 16.0. The monoisotopic (exact) mass is 364 g/mol. The number of aryl methyl sites for hydroxylation is 2. The molecule has 2 aromatic rings. The van der Waals surface area contributed by atoms with Crippen LogP contribution in [0.5, 0.6) is 0 Å². The quantitative estimate of drug-likeness (QED) is 0.707. The molecule has 3 rings (SSSR count). The number of hydrogen-bond acceptors (Lipinski definition) is 2. The van der Waals surface area contributed by atoms with Crippen molar-refractivity contribution in [1.82, 2.24) is 9.79 Å². The van der Waals surface area contributed by atoms with Crippen molar-refractivity contribution in [2.24, 2.45) is 5.92 Å². The summed E-state index contributed by atoms with van der Waals surface area (Å²) in [5.41, 5.74) is 4.88. The first-order chi connectivity index (χ1) is 12.9. The van der Waals surface area contributed by atoms with Gasteiger partial charge in [0.15, 0.2) is 7.98 Å². The largest absolute Gasteiger partial charge is 0.349 e. The average molecular weight is 364 g/mol. The van der Waals surface area contributed by atoms with Crippen molar-refractivity contribution in [2.75, 3.05) is 13.1 Å². The van der Waals surface area contributed by atoms with Crippen molar-refractivity contribution < 1.29 is 4.39 Å². The van der Waals surface area contributed by atoms with Gasteiger partial charge in [-0.3, -0.25) is 4.98 Å². The molecule has 1 saturated heterocycles. The summed E-state index contributed by atoms with van der Waals surface area (Å²) in [5, 5.41) is 0. The molecule has 2 nitrogen and oxygen atoms in total.